The van der Waals surface area contributed by atoms with Crippen molar-refractivity contribution in [2.75, 3.05) is 13.1 Å². The van der Waals surface area contributed by atoms with Crippen molar-refractivity contribution < 1.29 is 4.79 Å². The first-order valence-corrected chi connectivity index (χ1v) is 3.76. The fourth-order valence-corrected chi connectivity index (χ4v) is 0.872. The van der Waals surface area contributed by atoms with Crippen molar-refractivity contribution in [3.8, 4) is 0 Å². The number of urea groups is 1. The largest absolute Gasteiger partial charge is 0.351 e. The molecule has 2 amide bonds. The molecule has 0 unspecified atom stereocenters. The highest BCUT2D eigenvalue weighted by Crippen LogP contribution is 1.92. The Bertz CT molecular complexity index is 103. The normalized spacial score (nSPS) is 8.55. The Hall–Kier alpha value is -0.250. The molecule has 0 rings (SSSR count). The fraction of sp³-hybridized carbons (Fsp3) is 0.857. The van der Waals surface area contributed by atoms with Crippen molar-refractivity contribution in [1.82, 2.24) is 4.90 Å². The lowest BCUT2D eigenvalue weighted by Crippen LogP contribution is -2.36. The lowest BCUT2D eigenvalue weighted by Gasteiger charge is -2.17. The van der Waals surface area contributed by atoms with Gasteiger partial charge in [0.1, 0.15) is 0 Å². The molecule has 0 atom stereocenters. The number of nitrogens with two attached hydrogens (primary N) is 1. The van der Waals surface area contributed by atoms with Gasteiger partial charge in [0.2, 0.25) is 0 Å². The number of nitrogens with zero attached hydrogens (tertiary/aromatic N) is 1. The van der Waals surface area contributed by atoms with Gasteiger partial charge < -0.3 is 10.6 Å². The standard InChI is InChI=1S/C7H16N2O.BrH/c1-3-5-9(6-4-2)7(8)10;/h3-6H2,1-2H3,(H2,8,10);1H. The maximum Gasteiger partial charge on any atom is 0.314 e. The smallest absolute Gasteiger partial charge is 0.314 e. The number of rotatable bonds is 4. The summed E-state index contributed by atoms with van der Waals surface area (Å²) in [4.78, 5) is 12.3. The highest BCUT2D eigenvalue weighted by atomic mass is 79.9. The van der Waals surface area contributed by atoms with Crippen molar-refractivity contribution >= 4 is 23.0 Å². The Kier molecular flexibility index (Phi) is 9.53. The molecule has 3 nitrogen and oxygen atoms in total. The van der Waals surface area contributed by atoms with Gasteiger partial charge in [-0.3, -0.25) is 0 Å². The average molecular weight is 225 g/mol. The van der Waals surface area contributed by atoms with E-state index >= 15 is 0 Å². The van der Waals surface area contributed by atoms with Crippen molar-refractivity contribution in [2.45, 2.75) is 26.7 Å². The third-order valence-corrected chi connectivity index (χ3v) is 1.30. The van der Waals surface area contributed by atoms with E-state index in [1.54, 1.807) is 4.90 Å². The van der Waals surface area contributed by atoms with E-state index in [4.69, 9.17) is 5.73 Å². The van der Waals surface area contributed by atoms with Gasteiger partial charge in [-0.05, 0) is 12.8 Å². The van der Waals surface area contributed by atoms with Gasteiger partial charge in [-0.25, -0.2) is 4.79 Å². The second-order valence-corrected chi connectivity index (χ2v) is 2.33. The van der Waals surface area contributed by atoms with E-state index in [0.717, 1.165) is 25.9 Å². The molecule has 4 heteroatoms. The Morgan fingerprint density at radius 3 is 1.82 bits per heavy atom. The molecule has 0 heterocycles. The van der Waals surface area contributed by atoms with Crippen LogP contribution in [0.3, 0.4) is 0 Å². The van der Waals surface area contributed by atoms with Gasteiger partial charge in [-0.15, -0.1) is 17.0 Å². The molecule has 0 fully saturated rings. The summed E-state index contributed by atoms with van der Waals surface area (Å²) in [5.74, 6) is 0. The number of halogens is 1. The summed E-state index contributed by atoms with van der Waals surface area (Å²) in [5.41, 5.74) is 5.10. The van der Waals surface area contributed by atoms with Crippen LogP contribution in [-0.4, -0.2) is 24.0 Å². The highest BCUT2D eigenvalue weighted by molar-refractivity contribution is 8.93. The van der Waals surface area contributed by atoms with Gasteiger partial charge in [0.25, 0.3) is 0 Å². The van der Waals surface area contributed by atoms with Gasteiger partial charge in [-0.2, -0.15) is 0 Å². The highest BCUT2D eigenvalue weighted by Gasteiger charge is 2.04. The van der Waals surface area contributed by atoms with Gasteiger partial charge in [-0.1, -0.05) is 13.8 Å². The van der Waals surface area contributed by atoms with E-state index in [1.807, 2.05) is 13.8 Å². The van der Waals surface area contributed by atoms with Crippen LogP contribution in [0.2, 0.25) is 0 Å². The third kappa shape index (κ3) is 6.16. The van der Waals surface area contributed by atoms with Gasteiger partial charge in [0, 0.05) is 13.1 Å². The summed E-state index contributed by atoms with van der Waals surface area (Å²) in [7, 11) is 0. The number of primary amides is 1. The van der Waals surface area contributed by atoms with E-state index in [-0.39, 0.29) is 23.0 Å². The second kappa shape index (κ2) is 7.85. The van der Waals surface area contributed by atoms with Gasteiger partial charge in [0.15, 0.2) is 0 Å². The molecular formula is C7H17BrN2O. The second-order valence-electron chi connectivity index (χ2n) is 2.33. The Morgan fingerprint density at radius 2 is 1.64 bits per heavy atom. The molecule has 0 aliphatic rings. The van der Waals surface area contributed by atoms with Crippen LogP contribution < -0.4 is 5.73 Å². The van der Waals surface area contributed by atoms with Crippen LogP contribution >= 0.6 is 17.0 Å². The summed E-state index contributed by atoms with van der Waals surface area (Å²) < 4.78 is 0. The maximum absolute atomic E-state index is 10.6. The van der Waals surface area contributed by atoms with Crippen LogP contribution in [-0.2, 0) is 0 Å². The van der Waals surface area contributed by atoms with Crippen LogP contribution in [0.5, 0.6) is 0 Å². The monoisotopic (exact) mass is 224 g/mol. The van der Waals surface area contributed by atoms with Crippen molar-refractivity contribution in [1.29, 1.82) is 0 Å². The average Bonchev–Trinajstić information content (AvgIpc) is 1.87. The molecular weight excluding hydrogens is 208 g/mol. The molecule has 0 aliphatic carbocycles. The molecule has 0 saturated carbocycles. The maximum atomic E-state index is 10.6. The summed E-state index contributed by atoms with van der Waals surface area (Å²) in [6.45, 7) is 5.63. The summed E-state index contributed by atoms with van der Waals surface area (Å²) in [6.07, 6.45) is 1.95. The van der Waals surface area contributed by atoms with Crippen molar-refractivity contribution in [3.63, 3.8) is 0 Å². The lowest BCUT2D eigenvalue weighted by atomic mass is 10.4. The molecule has 0 aromatic heterocycles. The number of amides is 2. The predicted octanol–water partition coefficient (Wildman–Crippen LogP) is 1.76. The molecule has 0 radical (unpaired) electrons. The fourth-order valence-electron chi connectivity index (χ4n) is 0.872. The van der Waals surface area contributed by atoms with E-state index in [9.17, 15) is 4.79 Å². The topological polar surface area (TPSA) is 46.3 Å². The van der Waals surface area contributed by atoms with Crippen LogP contribution in [0.15, 0.2) is 0 Å². The van der Waals surface area contributed by atoms with E-state index in [1.165, 1.54) is 0 Å². The molecule has 0 aliphatic heterocycles. The lowest BCUT2D eigenvalue weighted by molar-refractivity contribution is 0.207. The van der Waals surface area contributed by atoms with Crippen LogP contribution in [0.25, 0.3) is 0 Å². The minimum atomic E-state index is -0.302. The molecule has 0 aromatic carbocycles. The zero-order valence-corrected chi connectivity index (χ0v) is 8.88. The molecule has 68 valence electrons. The van der Waals surface area contributed by atoms with Crippen LogP contribution in [0.1, 0.15) is 26.7 Å². The summed E-state index contributed by atoms with van der Waals surface area (Å²) >= 11 is 0. The first-order chi connectivity index (χ1) is 4.72. The zero-order valence-electron chi connectivity index (χ0n) is 7.17. The Labute approximate surface area is 78.7 Å². The molecule has 0 bridgehead atoms. The van der Waals surface area contributed by atoms with E-state index < -0.39 is 0 Å². The number of hydrogen-bond donors (Lipinski definition) is 1. The molecule has 11 heavy (non-hydrogen) atoms. The minimum Gasteiger partial charge on any atom is -0.351 e. The molecule has 0 spiro atoms. The van der Waals surface area contributed by atoms with Crippen molar-refractivity contribution in [2.24, 2.45) is 5.73 Å². The first-order valence-electron chi connectivity index (χ1n) is 3.76. The number of carbonyl (C=O) groups excluding carboxylic acids is 1. The van der Waals surface area contributed by atoms with Crippen molar-refractivity contribution in [3.05, 3.63) is 0 Å². The Balaban J connectivity index is 0. The van der Waals surface area contributed by atoms with E-state index in [2.05, 4.69) is 0 Å². The van der Waals surface area contributed by atoms with Gasteiger partial charge >= 0.3 is 6.03 Å². The summed E-state index contributed by atoms with van der Waals surface area (Å²) in [6, 6.07) is -0.302. The predicted molar refractivity (Wildman–Crippen MR) is 52.1 cm³/mol. The van der Waals surface area contributed by atoms with Crippen LogP contribution in [0.4, 0.5) is 4.79 Å². The summed E-state index contributed by atoms with van der Waals surface area (Å²) in [5, 5.41) is 0. The number of hydrogen-bond acceptors (Lipinski definition) is 1. The molecule has 0 aromatic rings. The SMILES string of the molecule is Br.CCCN(CCC)C(N)=O. The molecule has 0 saturated heterocycles. The third-order valence-electron chi connectivity index (χ3n) is 1.30. The minimum absolute atomic E-state index is 0. The number of carbonyl (C=O) groups is 1. The van der Waals surface area contributed by atoms with E-state index in [0.29, 0.717) is 0 Å². The van der Waals surface area contributed by atoms with Crippen LogP contribution in [0, 0.1) is 0 Å². The first kappa shape index (κ1) is 13.3. The zero-order chi connectivity index (χ0) is 7.98. The quantitative estimate of drug-likeness (QED) is 0.778. The van der Waals surface area contributed by atoms with Gasteiger partial charge in [0.05, 0.1) is 0 Å². The molecule has 2 N–H and O–H groups in total. The Morgan fingerprint density at radius 1 is 1.27 bits per heavy atom.